The highest BCUT2D eigenvalue weighted by Crippen LogP contribution is 2.21. The van der Waals surface area contributed by atoms with Crippen molar-refractivity contribution in [2.45, 2.75) is 31.3 Å². The van der Waals surface area contributed by atoms with Crippen LogP contribution in [0.3, 0.4) is 0 Å². The number of H-pyrrole nitrogens is 1. The molecule has 78 valence electrons. The third-order valence-electron chi connectivity index (χ3n) is 3.02. The quantitative estimate of drug-likeness (QED) is 0.679. The summed E-state index contributed by atoms with van der Waals surface area (Å²) in [6, 6.07) is 5.21. The molecule has 3 N–H and O–H groups in total. The second-order valence-corrected chi connectivity index (χ2v) is 3.95. The van der Waals surface area contributed by atoms with E-state index in [9.17, 15) is 0 Å². The van der Waals surface area contributed by atoms with Crippen LogP contribution in [-0.4, -0.2) is 24.6 Å². The lowest BCUT2D eigenvalue weighted by Crippen LogP contribution is -2.43. The van der Waals surface area contributed by atoms with Gasteiger partial charge in [-0.25, -0.2) is 0 Å². The van der Waals surface area contributed by atoms with Crippen molar-refractivity contribution in [1.82, 2.24) is 15.6 Å². The van der Waals surface area contributed by atoms with Gasteiger partial charge >= 0.3 is 0 Å². The molecule has 1 aromatic rings. The maximum absolute atomic E-state index is 3.58. The topological polar surface area (TPSA) is 39.9 Å². The molecule has 3 heteroatoms. The molecular weight excluding hydrogens is 174 g/mol. The summed E-state index contributed by atoms with van der Waals surface area (Å²) in [5.74, 6) is 0. The molecule has 0 radical (unpaired) electrons. The van der Waals surface area contributed by atoms with Crippen LogP contribution in [0.15, 0.2) is 18.3 Å². The smallest absolute Gasteiger partial charge is 0.0626 e. The van der Waals surface area contributed by atoms with Crippen molar-refractivity contribution < 1.29 is 0 Å². The Balaban J connectivity index is 2.04. The van der Waals surface area contributed by atoms with Crippen molar-refractivity contribution in [3.8, 4) is 0 Å². The molecule has 1 saturated heterocycles. The minimum Gasteiger partial charge on any atom is -0.364 e. The van der Waals surface area contributed by atoms with Crippen LogP contribution in [0.1, 0.15) is 31.0 Å². The zero-order valence-electron chi connectivity index (χ0n) is 8.72. The molecule has 2 atom stereocenters. The summed E-state index contributed by atoms with van der Waals surface area (Å²) < 4.78 is 0. The molecule has 3 nitrogen and oxygen atoms in total. The predicted octanol–water partition coefficient (Wildman–Crippen LogP) is 1.42. The molecule has 2 unspecified atom stereocenters. The maximum Gasteiger partial charge on any atom is 0.0626 e. The van der Waals surface area contributed by atoms with Gasteiger partial charge in [0.1, 0.15) is 0 Å². The van der Waals surface area contributed by atoms with Crippen LogP contribution in [0.25, 0.3) is 0 Å². The van der Waals surface area contributed by atoms with Crippen LogP contribution < -0.4 is 10.6 Å². The van der Waals surface area contributed by atoms with E-state index in [1.807, 2.05) is 13.2 Å². The Bertz CT molecular complexity index is 250. The van der Waals surface area contributed by atoms with Crippen LogP contribution in [0.5, 0.6) is 0 Å². The molecule has 2 rings (SSSR count). The molecule has 14 heavy (non-hydrogen) atoms. The fraction of sp³-hybridized carbons (Fsp3) is 0.636. The predicted molar refractivity (Wildman–Crippen MR) is 58.2 cm³/mol. The average Bonchev–Trinajstić information content (AvgIpc) is 2.74. The lowest BCUT2D eigenvalue weighted by molar-refractivity contribution is 0.323. The minimum atomic E-state index is 0.422. The zero-order chi connectivity index (χ0) is 9.80. The van der Waals surface area contributed by atoms with Crippen LogP contribution in [0, 0.1) is 0 Å². The van der Waals surface area contributed by atoms with Crippen molar-refractivity contribution in [3.05, 3.63) is 24.0 Å². The molecule has 1 aliphatic rings. The van der Waals surface area contributed by atoms with Gasteiger partial charge in [0.2, 0.25) is 0 Å². The van der Waals surface area contributed by atoms with Crippen LogP contribution in [0.4, 0.5) is 0 Å². The number of hydrogen-bond acceptors (Lipinski definition) is 2. The van der Waals surface area contributed by atoms with Gasteiger partial charge in [0.25, 0.3) is 0 Å². The van der Waals surface area contributed by atoms with Gasteiger partial charge in [-0.3, -0.25) is 0 Å². The number of piperidine rings is 1. The van der Waals surface area contributed by atoms with E-state index < -0.39 is 0 Å². The molecule has 0 aromatic carbocycles. The first kappa shape index (κ1) is 9.74. The van der Waals surface area contributed by atoms with E-state index in [1.165, 1.54) is 25.0 Å². The average molecular weight is 193 g/mol. The Morgan fingerprint density at radius 2 is 2.43 bits per heavy atom. The van der Waals surface area contributed by atoms with E-state index in [2.05, 4.69) is 27.8 Å². The molecule has 2 heterocycles. The normalized spacial score (nSPS) is 24.8. The maximum atomic E-state index is 3.58. The Hall–Kier alpha value is -0.800. The van der Waals surface area contributed by atoms with Gasteiger partial charge in [0.15, 0.2) is 0 Å². The van der Waals surface area contributed by atoms with Crippen molar-refractivity contribution >= 4 is 0 Å². The molecule has 0 amide bonds. The SMILES string of the molecule is CNC(c1ccc[nH]1)C1CCCCN1. The second kappa shape index (κ2) is 4.62. The highest BCUT2D eigenvalue weighted by molar-refractivity contribution is 5.12. The number of aromatic amines is 1. The molecule has 0 saturated carbocycles. The van der Waals surface area contributed by atoms with Crippen molar-refractivity contribution in [2.75, 3.05) is 13.6 Å². The third-order valence-corrected chi connectivity index (χ3v) is 3.02. The molecule has 0 bridgehead atoms. The molecule has 0 aliphatic carbocycles. The van der Waals surface area contributed by atoms with Crippen LogP contribution in [-0.2, 0) is 0 Å². The van der Waals surface area contributed by atoms with E-state index in [4.69, 9.17) is 0 Å². The summed E-state index contributed by atoms with van der Waals surface area (Å²) in [7, 11) is 2.03. The first-order chi connectivity index (χ1) is 6.92. The Kier molecular flexibility index (Phi) is 3.22. The largest absolute Gasteiger partial charge is 0.364 e. The molecule has 1 fully saturated rings. The van der Waals surface area contributed by atoms with Gasteiger partial charge in [-0.2, -0.15) is 0 Å². The third kappa shape index (κ3) is 1.99. The van der Waals surface area contributed by atoms with Crippen LogP contribution >= 0.6 is 0 Å². The summed E-state index contributed by atoms with van der Waals surface area (Å²) >= 11 is 0. The summed E-state index contributed by atoms with van der Waals surface area (Å²) in [4.78, 5) is 3.28. The molecular formula is C11H19N3. The van der Waals surface area contributed by atoms with Gasteiger partial charge in [0.05, 0.1) is 6.04 Å². The molecule has 1 aliphatic heterocycles. The van der Waals surface area contributed by atoms with E-state index in [0.717, 1.165) is 6.54 Å². The lowest BCUT2D eigenvalue weighted by atomic mass is 9.96. The van der Waals surface area contributed by atoms with Gasteiger partial charge in [-0.1, -0.05) is 6.42 Å². The van der Waals surface area contributed by atoms with Crippen molar-refractivity contribution in [2.24, 2.45) is 0 Å². The lowest BCUT2D eigenvalue weighted by Gasteiger charge is -2.30. The number of likely N-dealkylation sites (N-methyl/N-ethyl adjacent to an activating group) is 1. The van der Waals surface area contributed by atoms with Gasteiger partial charge in [-0.15, -0.1) is 0 Å². The first-order valence-corrected chi connectivity index (χ1v) is 5.46. The van der Waals surface area contributed by atoms with E-state index in [0.29, 0.717) is 12.1 Å². The Labute approximate surface area is 85.3 Å². The monoisotopic (exact) mass is 193 g/mol. The summed E-state index contributed by atoms with van der Waals surface area (Å²) in [5.41, 5.74) is 1.28. The van der Waals surface area contributed by atoms with Crippen LogP contribution in [0.2, 0.25) is 0 Å². The second-order valence-electron chi connectivity index (χ2n) is 3.95. The number of nitrogens with one attached hydrogen (secondary N) is 3. The highest BCUT2D eigenvalue weighted by Gasteiger charge is 2.23. The summed E-state index contributed by atoms with van der Waals surface area (Å²) in [6.45, 7) is 1.16. The van der Waals surface area contributed by atoms with Gasteiger partial charge in [0, 0.05) is 17.9 Å². The van der Waals surface area contributed by atoms with Gasteiger partial charge < -0.3 is 15.6 Å². The first-order valence-electron chi connectivity index (χ1n) is 5.46. The van der Waals surface area contributed by atoms with Crippen molar-refractivity contribution in [1.29, 1.82) is 0 Å². The Morgan fingerprint density at radius 3 is 3.00 bits per heavy atom. The number of aromatic nitrogens is 1. The molecule has 0 spiro atoms. The highest BCUT2D eigenvalue weighted by atomic mass is 15.0. The Morgan fingerprint density at radius 1 is 1.50 bits per heavy atom. The minimum absolute atomic E-state index is 0.422. The summed E-state index contributed by atoms with van der Waals surface area (Å²) in [6.07, 6.45) is 5.92. The standard InChI is InChI=1S/C11H19N3/c1-12-11(10-6-4-8-14-10)9-5-2-3-7-13-9/h4,6,8-9,11-14H,2-3,5,7H2,1H3. The fourth-order valence-electron chi connectivity index (χ4n) is 2.27. The van der Waals surface area contributed by atoms with E-state index in [-0.39, 0.29) is 0 Å². The zero-order valence-corrected chi connectivity index (χ0v) is 8.72. The molecule has 1 aromatic heterocycles. The summed E-state index contributed by atoms with van der Waals surface area (Å²) in [5, 5.41) is 6.96. The van der Waals surface area contributed by atoms with Gasteiger partial charge in [-0.05, 0) is 38.6 Å². The number of hydrogen-bond donors (Lipinski definition) is 3. The van der Waals surface area contributed by atoms with E-state index in [1.54, 1.807) is 0 Å². The number of rotatable bonds is 3. The van der Waals surface area contributed by atoms with E-state index >= 15 is 0 Å². The fourth-order valence-corrected chi connectivity index (χ4v) is 2.27. The van der Waals surface area contributed by atoms with Crippen molar-refractivity contribution in [3.63, 3.8) is 0 Å².